The predicted molar refractivity (Wildman–Crippen MR) is 273 cm³/mol. The first kappa shape index (κ1) is 59.2. The average Bonchev–Trinajstić information content (AvgIpc) is 3.24. The molecular weight excluding hydrogens is 729 g/mol. The second-order valence-electron chi connectivity index (χ2n) is 20.4. The zero-order chi connectivity index (χ0) is 42.7. The Kier molecular flexibility index (Phi) is 52.7. The van der Waals surface area contributed by atoms with Crippen LogP contribution in [-0.2, 0) is 4.80 Å². The Hall–Kier alpha value is 0.177. The molecule has 1 radical (unpaired) electrons. The standard InChI is InChI=1S/C57H117OSi/c1-4-7-10-13-16-19-22-25-28-31-34-37-40-43-46-49-52-55-59(58,56-53-50-47-44-41-38-35-32-29-26-23-20-17-14-11-8-5-2)57-54-51-48-45-42-39-36-33-30-27-24-21-18-15-12-9-6-3/h4-57H2,1-3H3. The van der Waals surface area contributed by atoms with E-state index in [9.17, 15) is 4.80 Å². The van der Waals surface area contributed by atoms with E-state index in [1.807, 2.05) is 0 Å². The fraction of sp³-hybridized carbons (Fsp3) is 1.00. The lowest BCUT2D eigenvalue weighted by atomic mass is 10.0. The molecule has 0 aliphatic heterocycles. The normalized spacial score (nSPS) is 12.0. The Morgan fingerprint density at radius 2 is 0.271 bits per heavy atom. The van der Waals surface area contributed by atoms with E-state index < -0.39 is 8.32 Å². The molecule has 0 saturated carbocycles. The van der Waals surface area contributed by atoms with Gasteiger partial charge in [0.05, 0.1) is 0 Å². The second-order valence-corrected chi connectivity index (χ2v) is 24.3. The Labute approximate surface area is 377 Å². The monoisotopic (exact) mass is 846 g/mol. The zero-order valence-electron chi connectivity index (χ0n) is 42.1. The number of rotatable bonds is 54. The smallest absolute Gasteiger partial charge is 0.237 e. The molecule has 0 heterocycles. The summed E-state index contributed by atoms with van der Waals surface area (Å²) in [5.41, 5.74) is 0. The maximum Gasteiger partial charge on any atom is 0.237 e. The lowest BCUT2D eigenvalue weighted by Crippen LogP contribution is -2.32. The summed E-state index contributed by atoms with van der Waals surface area (Å²) >= 11 is 0. The molecule has 0 unspecified atom stereocenters. The molecule has 59 heavy (non-hydrogen) atoms. The first-order valence-corrected chi connectivity index (χ1v) is 31.4. The average molecular weight is 847 g/mol. The lowest BCUT2D eigenvalue weighted by molar-refractivity contribution is 0.397. The minimum Gasteiger partial charge on any atom is -0.297 e. The molecule has 0 aliphatic rings. The largest absolute Gasteiger partial charge is 0.297 e. The number of hydrogen-bond donors (Lipinski definition) is 0. The summed E-state index contributed by atoms with van der Waals surface area (Å²) in [4.78, 5) is 14.3. The molecular formula is C57H117OSi. The molecule has 0 rings (SSSR count). The van der Waals surface area contributed by atoms with E-state index in [1.54, 1.807) is 0 Å². The first-order valence-electron chi connectivity index (χ1n) is 28.9. The molecule has 0 aromatic rings. The highest BCUT2D eigenvalue weighted by molar-refractivity contribution is 6.72. The summed E-state index contributed by atoms with van der Waals surface area (Å²) in [5, 5.41) is 0. The van der Waals surface area contributed by atoms with Crippen molar-refractivity contribution in [2.45, 2.75) is 366 Å². The zero-order valence-corrected chi connectivity index (χ0v) is 43.1. The van der Waals surface area contributed by atoms with Crippen molar-refractivity contribution in [1.82, 2.24) is 0 Å². The minimum atomic E-state index is -2.33. The third-order valence-electron chi connectivity index (χ3n) is 14.2. The van der Waals surface area contributed by atoms with Crippen LogP contribution in [0.25, 0.3) is 0 Å². The molecule has 0 saturated heterocycles. The Bertz CT molecular complexity index is 628. The van der Waals surface area contributed by atoms with Crippen LogP contribution in [0.15, 0.2) is 0 Å². The molecule has 0 aromatic heterocycles. The van der Waals surface area contributed by atoms with Crippen molar-refractivity contribution in [2.24, 2.45) is 0 Å². The van der Waals surface area contributed by atoms with Crippen LogP contribution in [0.5, 0.6) is 0 Å². The van der Waals surface area contributed by atoms with Gasteiger partial charge in [-0.25, -0.2) is 0 Å². The van der Waals surface area contributed by atoms with Crippen LogP contribution in [0.1, 0.15) is 348 Å². The van der Waals surface area contributed by atoms with E-state index >= 15 is 0 Å². The highest BCUT2D eigenvalue weighted by atomic mass is 28.4. The molecule has 0 atom stereocenters. The van der Waals surface area contributed by atoms with Gasteiger partial charge in [-0.3, -0.25) is 4.80 Å². The fourth-order valence-electron chi connectivity index (χ4n) is 9.89. The molecule has 0 fully saturated rings. The van der Waals surface area contributed by atoms with Gasteiger partial charge >= 0.3 is 0 Å². The van der Waals surface area contributed by atoms with Crippen molar-refractivity contribution in [3.8, 4) is 0 Å². The van der Waals surface area contributed by atoms with Gasteiger partial charge in [-0.2, -0.15) is 0 Å². The van der Waals surface area contributed by atoms with E-state index in [-0.39, 0.29) is 0 Å². The summed E-state index contributed by atoms with van der Waals surface area (Å²) in [5.74, 6) is 0. The molecule has 0 bridgehead atoms. The highest BCUT2D eigenvalue weighted by Crippen LogP contribution is 2.29. The molecule has 355 valence electrons. The van der Waals surface area contributed by atoms with Gasteiger partial charge in [-0.05, 0) is 18.1 Å². The maximum absolute atomic E-state index is 14.3. The van der Waals surface area contributed by atoms with Gasteiger partial charge < -0.3 is 0 Å². The van der Waals surface area contributed by atoms with Crippen LogP contribution in [0.3, 0.4) is 0 Å². The summed E-state index contributed by atoms with van der Waals surface area (Å²) in [6.45, 7) is 6.93. The van der Waals surface area contributed by atoms with E-state index in [0.717, 1.165) is 18.1 Å². The van der Waals surface area contributed by atoms with E-state index in [1.165, 1.54) is 327 Å². The quantitative estimate of drug-likeness (QED) is 0.0429. The SMILES string of the molecule is CCCCCCCCCCCCCCCCCCC[Si]([O])(CCCCCCCCCCCCCCCCCCC)CCCCCCCCCCCCCCCCCCC. The first-order chi connectivity index (χ1) is 29.2. The molecule has 2 heteroatoms. The minimum absolute atomic E-state index is 1.09. The predicted octanol–water partition coefficient (Wildman–Crippen LogP) is 22.3. The van der Waals surface area contributed by atoms with Crippen LogP contribution in [0.2, 0.25) is 18.1 Å². The van der Waals surface area contributed by atoms with Gasteiger partial charge in [0, 0.05) is 0 Å². The fourth-order valence-corrected chi connectivity index (χ4v) is 13.3. The van der Waals surface area contributed by atoms with Gasteiger partial charge in [0.25, 0.3) is 0 Å². The molecule has 1 nitrogen and oxygen atoms in total. The molecule has 0 amide bonds. The van der Waals surface area contributed by atoms with E-state index in [4.69, 9.17) is 0 Å². The second kappa shape index (κ2) is 52.5. The summed E-state index contributed by atoms with van der Waals surface area (Å²) < 4.78 is 0. The van der Waals surface area contributed by atoms with Crippen molar-refractivity contribution >= 4 is 8.32 Å². The summed E-state index contributed by atoms with van der Waals surface area (Å²) in [6, 6.07) is 3.26. The third kappa shape index (κ3) is 50.7. The molecule has 0 N–H and O–H groups in total. The van der Waals surface area contributed by atoms with Crippen LogP contribution in [0.4, 0.5) is 0 Å². The summed E-state index contributed by atoms with van der Waals surface area (Å²) in [6.07, 6.45) is 72.5. The van der Waals surface area contributed by atoms with Crippen LogP contribution in [0, 0.1) is 0 Å². The van der Waals surface area contributed by atoms with Crippen molar-refractivity contribution in [3.63, 3.8) is 0 Å². The molecule has 0 spiro atoms. The van der Waals surface area contributed by atoms with Crippen LogP contribution < -0.4 is 0 Å². The Morgan fingerprint density at radius 3 is 0.390 bits per heavy atom. The highest BCUT2D eigenvalue weighted by Gasteiger charge is 2.31. The maximum atomic E-state index is 14.3. The van der Waals surface area contributed by atoms with Gasteiger partial charge in [0.1, 0.15) is 0 Å². The number of hydrogen-bond acceptors (Lipinski definition) is 0. The van der Waals surface area contributed by atoms with E-state index in [0.29, 0.717) is 0 Å². The lowest BCUT2D eigenvalue weighted by Gasteiger charge is -2.23. The van der Waals surface area contributed by atoms with Gasteiger partial charge in [0.15, 0.2) is 0 Å². The Balaban J connectivity index is 4.08. The van der Waals surface area contributed by atoms with Crippen LogP contribution >= 0.6 is 0 Å². The Morgan fingerprint density at radius 1 is 0.169 bits per heavy atom. The van der Waals surface area contributed by atoms with Gasteiger partial charge in [-0.1, -0.05) is 348 Å². The van der Waals surface area contributed by atoms with E-state index in [2.05, 4.69) is 20.8 Å². The van der Waals surface area contributed by atoms with Gasteiger partial charge in [0.2, 0.25) is 8.32 Å². The molecule has 0 aromatic carbocycles. The van der Waals surface area contributed by atoms with Crippen molar-refractivity contribution < 1.29 is 4.80 Å². The third-order valence-corrected chi connectivity index (χ3v) is 18.0. The van der Waals surface area contributed by atoms with Crippen LogP contribution in [-0.4, -0.2) is 8.32 Å². The van der Waals surface area contributed by atoms with Crippen molar-refractivity contribution in [1.29, 1.82) is 0 Å². The number of unbranched alkanes of at least 4 members (excludes halogenated alkanes) is 48. The summed E-state index contributed by atoms with van der Waals surface area (Å²) in [7, 11) is -2.33. The topological polar surface area (TPSA) is 19.9 Å². The molecule has 0 aliphatic carbocycles. The van der Waals surface area contributed by atoms with Crippen molar-refractivity contribution in [3.05, 3.63) is 0 Å². The van der Waals surface area contributed by atoms with Crippen molar-refractivity contribution in [2.75, 3.05) is 0 Å². The van der Waals surface area contributed by atoms with Gasteiger partial charge in [-0.15, -0.1) is 0 Å².